The minimum absolute atomic E-state index is 0.162. The fraction of sp³-hybridized carbons (Fsp3) is 0.263. The Morgan fingerprint density at radius 1 is 1.20 bits per heavy atom. The van der Waals surface area contributed by atoms with Crippen molar-refractivity contribution in [1.29, 1.82) is 0 Å². The number of hydrogen-bond acceptors (Lipinski definition) is 5. The van der Waals surface area contributed by atoms with Crippen LogP contribution in [0.1, 0.15) is 13.8 Å². The third-order valence-corrected chi connectivity index (χ3v) is 3.94. The van der Waals surface area contributed by atoms with Gasteiger partial charge in [0.25, 0.3) is 5.56 Å². The highest BCUT2D eigenvalue weighted by molar-refractivity contribution is 5.93. The van der Waals surface area contributed by atoms with Crippen LogP contribution in [0, 0.1) is 5.92 Å². The molecule has 0 bridgehead atoms. The average Bonchev–Trinajstić information content (AvgIpc) is 2.65. The van der Waals surface area contributed by atoms with Crippen LogP contribution in [0.15, 0.2) is 53.6 Å². The number of aromatic nitrogens is 3. The van der Waals surface area contributed by atoms with Crippen molar-refractivity contribution in [3.63, 3.8) is 0 Å². The third-order valence-electron chi connectivity index (χ3n) is 3.94. The lowest BCUT2D eigenvalue weighted by molar-refractivity contribution is -0.147. The van der Waals surface area contributed by atoms with Gasteiger partial charge in [-0.2, -0.15) is 5.10 Å². The Morgan fingerprint density at radius 2 is 1.96 bits per heavy atom. The molecule has 1 unspecified atom stereocenters. The summed E-state index contributed by atoms with van der Waals surface area (Å²) in [6.07, 6.45) is 3.39. The Morgan fingerprint density at radius 3 is 2.64 bits per heavy atom. The van der Waals surface area contributed by atoms with E-state index in [0.29, 0.717) is 17.7 Å². The Kier molecular flexibility index (Phi) is 4.88. The van der Waals surface area contributed by atoms with Crippen molar-refractivity contribution in [2.75, 3.05) is 6.61 Å². The van der Waals surface area contributed by atoms with Gasteiger partial charge in [-0.1, -0.05) is 25.1 Å². The smallest absolute Gasteiger partial charge is 0.310 e. The number of esters is 1. The maximum Gasteiger partial charge on any atom is 0.310 e. The van der Waals surface area contributed by atoms with Crippen LogP contribution in [0.4, 0.5) is 0 Å². The molecule has 6 nitrogen and oxygen atoms in total. The van der Waals surface area contributed by atoms with Crippen LogP contribution in [0.25, 0.3) is 22.0 Å². The van der Waals surface area contributed by atoms with E-state index < -0.39 is 5.92 Å². The minimum Gasteiger partial charge on any atom is -0.466 e. The molecule has 2 aromatic heterocycles. The number of hydrogen-bond donors (Lipinski definition) is 0. The molecular formula is C19H19N3O3. The predicted molar refractivity (Wildman–Crippen MR) is 95.0 cm³/mol. The van der Waals surface area contributed by atoms with E-state index in [0.717, 1.165) is 10.9 Å². The Hall–Kier alpha value is -3.02. The van der Waals surface area contributed by atoms with Crippen molar-refractivity contribution >= 4 is 16.7 Å². The molecule has 0 aliphatic heterocycles. The fourth-order valence-electron chi connectivity index (χ4n) is 2.69. The van der Waals surface area contributed by atoms with Crippen molar-refractivity contribution in [3.8, 4) is 11.3 Å². The quantitative estimate of drug-likeness (QED) is 0.669. The molecule has 0 aliphatic carbocycles. The zero-order chi connectivity index (χ0) is 17.8. The summed E-state index contributed by atoms with van der Waals surface area (Å²) in [5, 5.41) is 5.84. The summed E-state index contributed by atoms with van der Waals surface area (Å²) in [7, 11) is 0. The number of rotatable bonds is 5. The topological polar surface area (TPSA) is 74.1 Å². The number of nitrogens with zero attached hydrogens (tertiary/aromatic N) is 3. The maximum absolute atomic E-state index is 12.8. The molecule has 1 atom stereocenters. The van der Waals surface area contributed by atoms with Gasteiger partial charge in [0.05, 0.1) is 24.5 Å². The predicted octanol–water partition coefficient (Wildman–Crippen LogP) is 2.66. The first-order valence-corrected chi connectivity index (χ1v) is 8.18. The maximum atomic E-state index is 12.8. The van der Waals surface area contributed by atoms with Gasteiger partial charge >= 0.3 is 5.97 Å². The van der Waals surface area contributed by atoms with E-state index in [2.05, 4.69) is 10.1 Å². The average molecular weight is 337 g/mol. The lowest BCUT2D eigenvalue weighted by atomic mass is 10.1. The van der Waals surface area contributed by atoms with Gasteiger partial charge in [0.1, 0.15) is 5.69 Å². The van der Waals surface area contributed by atoms with Crippen LogP contribution in [0.3, 0.4) is 0 Å². The Bertz CT molecular complexity index is 951. The summed E-state index contributed by atoms with van der Waals surface area (Å²) in [5.74, 6) is -0.805. The first-order chi connectivity index (χ1) is 12.1. The molecule has 0 saturated carbocycles. The number of carbonyl (C=O) groups excluding carboxylic acids is 1. The number of benzene rings is 1. The second-order valence-corrected chi connectivity index (χ2v) is 5.78. The van der Waals surface area contributed by atoms with Crippen LogP contribution in [0.5, 0.6) is 0 Å². The van der Waals surface area contributed by atoms with Gasteiger partial charge in [-0.25, -0.2) is 4.68 Å². The summed E-state index contributed by atoms with van der Waals surface area (Å²) in [5.41, 5.74) is 1.26. The molecule has 2 heterocycles. The monoisotopic (exact) mass is 337 g/mol. The Labute approximate surface area is 145 Å². The zero-order valence-corrected chi connectivity index (χ0v) is 14.2. The number of fused-ring (bicyclic) bond motifs is 1. The van der Waals surface area contributed by atoms with Crippen molar-refractivity contribution in [1.82, 2.24) is 14.8 Å². The zero-order valence-electron chi connectivity index (χ0n) is 14.2. The molecule has 3 rings (SSSR count). The summed E-state index contributed by atoms with van der Waals surface area (Å²) in [4.78, 5) is 28.8. The van der Waals surface area contributed by atoms with Crippen molar-refractivity contribution in [2.45, 2.75) is 20.4 Å². The minimum atomic E-state index is -0.465. The van der Waals surface area contributed by atoms with Crippen LogP contribution in [-0.2, 0) is 16.1 Å². The second-order valence-electron chi connectivity index (χ2n) is 5.78. The van der Waals surface area contributed by atoms with Gasteiger partial charge in [-0.15, -0.1) is 0 Å². The third kappa shape index (κ3) is 3.42. The lowest BCUT2D eigenvalue weighted by Gasteiger charge is -2.14. The van der Waals surface area contributed by atoms with E-state index >= 15 is 0 Å². The highest BCUT2D eigenvalue weighted by Gasteiger charge is 2.18. The van der Waals surface area contributed by atoms with Crippen molar-refractivity contribution in [3.05, 3.63) is 59.1 Å². The van der Waals surface area contributed by atoms with Crippen molar-refractivity contribution in [2.24, 2.45) is 5.92 Å². The van der Waals surface area contributed by atoms with Crippen LogP contribution in [-0.4, -0.2) is 27.3 Å². The molecule has 0 N–H and O–H groups in total. The molecule has 3 aromatic rings. The molecular weight excluding hydrogens is 318 g/mol. The Balaban J connectivity index is 2.12. The van der Waals surface area contributed by atoms with E-state index in [1.807, 2.05) is 30.3 Å². The molecule has 0 fully saturated rings. The molecule has 6 heteroatoms. The highest BCUT2D eigenvalue weighted by atomic mass is 16.5. The van der Waals surface area contributed by atoms with Crippen LogP contribution >= 0.6 is 0 Å². The van der Waals surface area contributed by atoms with E-state index in [4.69, 9.17) is 4.74 Å². The van der Waals surface area contributed by atoms with Gasteiger partial charge in [-0.3, -0.25) is 14.6 Å². The largest absolute Gasteiger partial charge is 0.466 e. The van der Waals surface area contributed by atoms with Gasteiger partial charge in [0.15, 0.2) is 0 Å². The SMILES string of the molecule is CCOC(=O)C(C)Cn1nc(-c2cccnc2)c2ccccc2c1=O. The molecule has 0 amide bonds. The van der Waals surface area contributed by atoms with E-state index in [1.54, 1.807) is 32.3 Å². The lowest BCUT2D eigenvalue weighted by Crippen LogP contribution is -2.30. The molecule has 0 saturated heterocycles. The van der Waals surface area contributed by atoms with Crippen LogP contribution < -0.4 is 5.56 Å². The first kappa shape index (κ1) is 16.8. The van der Waals surface area contributed by atoms with Gasteiger partial charge in [-0.05, 0) is 25.1 Å². The highest BCUT2D eigenvalue weighted by Crippen LogP contribution is 2.23. The summed E-state index contributed by atoms with van der Waals surface area (Å²) < 4.78 is 6.37. The fourth-order valence-corrected chi connectivity index (χ4v) is 2.69. The van der Waals surface area contributed by atoms with E-state index in [1.165, 1.54) is 4.68 Å². The van der Waals surface area contributed by atoms with Crippen LogP contribution in [0.2, 0.25) is 0 Å². The number of pyridine rings is 1. The molecule has 0 radical (unpaired) electrons. The van der Waals surface area contributed by atoms with Gasteiger partial charge in [0.2, 0.25) is 0 Å². The summed E-state index contributed by atoms with van der Waals surface area (Å²) in [6.45, 7) is 3.95. The molecule has 25 heavy (non-hydrogen) atoms. The van der Waals surface area contributed by atoms with E-state index in [9.17, 15) is 9.59 Å². The summed E-state index contributed by atoms with van der Waals surface area (Å²) in [6, 6.07) is 11.0. The van der Waals surface area contributed by atoms with Gasteiger partial charge in [0, 0.05) is 23.3 Å². The first-order valence-electron chi connectivity index (χ1n) is 8.18. The normalized spacial score (nSPS) is 12.1. The molecule has 128 valence electrons. The standard InChI is InChI=1S/C19H19N3O3/c1-3-25-19(24)13(2)12-22-18(23)16-9-5-4-8-15(16)17(21-22)14-7-6-10-20-11-14/h4-11,13H,3,12H2,1-2H3. The molecule has 0 aliphatic rings. The number of carbonyl (C=O) groups is 1. The molecule has 0 spiro atoms. The number of ether oxygens (including phenoxy) is 1. The summed E-state index contributed by atoms with van der Waals surface area (Å²) >= 11 is 0. The van der Waals surface area contributed by atoms with Gasteiger partial charge < -0.3 is 4.74 Å². The second kappa shape index (κ2) is 7.25. The van der Waals surface area contributed by atoms with E-state index in [-0.39, 0.29) is 18.1 Å². The molecule has 1 aromatic carbocycles. The van der Waals surface area contributed by atoms with Crippen molar-refractivity contribution < 1.29 is 9.53 Å².